The van der Waals surface area contributed by atoms with Crippen LogP contribution in [0, 0.1) is 5.92 Å². The number of hydrogen-bond acceptors (Lipinski definition) is 3. The summed E-state index contributed by atoms with van der Waals surface area (Å²) in [6, 6.07) is 14.3. The van der Waals surface area contributed by atoms with Crippen molar-refractivity contribution in [3.8, 4) is 0 Å². The number of nitrogens with one attached hydrogen (secondary N) is 1. The highest BCUT2D eigenvalue weighted by Gasteiger charge is 2.26. The first-order valence-corrected chi connectivity index (χ1v) is 12.6. The van der Waals surface area contributed by atoms with Crippen molar-refractivity contribution in [3.05, 3.63) is 69.2 Å². The number of piperidine rings is 2. The summed E-state index contributed by atoms with van der Waals surface area (Å²) in [4.78, 5) is 17.7. The van der Waals surface area contributed by atoms with Crippen molar-refractivity contribution in [2.45, 2.75) is 51.7 Å². The number of nitrogens with zero attached hydrogens (tertiary/aromatic N) is 2. The van der Waals surface area contributed by atoms with Crippen LogP contribution in [0.25, 0.3) is 0 Å². The van der Waals surface area contributed by atoms with Gasteiger partial charge in [0.1, 0.15) is 0 Å². The van der Waals surface area contributed by atoms with E-state index in [1.165, 1.54) is 37.9 Å². The lowest BCUT2D eigenvalue weighted by molar-refractivity contribution is -0.126. The van der Waals surface area contributed by atoms with E-state index >= 15 is 0 Å². The van der Waals surface area contributed by atoms with Crippen LogP contribution in [-0.2, 0) is 24.4 Å². The Morgan fingerprint density at radius 1 is 0.844 bits per heavy atom. The van der Waals surface area contributed by atoms with E-state index in [-0.39, 0.29) is 11.8 Å². The number of benzene rings is 2. The monoisotopic (exact) mass is 473 g/mol. The van der Waals surface area contributed by atoms with Crippen molar-refractivity contribution < 1.29 is 4.79 Å². The van der Waals surface area contributed by atoms with Gasteiger partial charge in [-0.25, -0.2) is 0 Å². The first kappa shape index (κ1) is 23.6. The van der Waals surface area contributed by atoms with E-state index in [4.69, 9.17) is 23.2 Å². The number of hydrogen-bond donors (Lipinski definition) is 1. The minimum absolute atomic E-state index is 0.00314. The fourth-order valence-corrected chi connectivity index (χ4v) is 5.31. The smallest absolute Gasteiger partial charge is 0.224 e. The first-order valence-electron chi connectivity index (χ1n) is 11.8. The molecule has 0 bridgehead atoms. The predicted octanol–water partition coefficient (Wildman–Crippen LogP) is 5.51. The van der Waals surface area contributed by atoms with Gasteiger partial charge >= 0.3 is 0 Å². The molecular weight excluding hydrogens is 441 g/mol. The second kappa shape index (κ2) is 11.5. The fraction of sp³-hybridized carbons (Fsp3) is 0.500. The summed E-state index contributed by atoms with van der Waals surface area (Å²) in [6.07, 6.45) is 5.92. The third kappa shape index (κ3) is 6.48. The molecule has 4 nitrogen and oxygen atoms in total. The summed E-state index contributed by atoms with van der Waals surface area (Å²) in [7, 11) is 0. The highest BCUT2D eigenvalue weighted by molar-refractivity contribution is 6.35. The average Bonchev–Trinajstić information content (AvgIpc) is 2.82. The zero-order valence-corrected chi connectivity index (χ0v) is 20.2. The molecule has 2 aromatic carbocycles. The van der Waals surface area contributed by atoms with Crippen LogP contribution in [0.3, 0.4) is 0 Å². The second-order valence-electron chi connectivity index (χ2n) is 9.15. The lowest BCUT2D eigenvalue weighted by Crippen LogP contribution is -2.42. The van der Waals surface area contributed by atoms with E-state index in [9.17, 15) is 4.79 Å². The van der Waals surface area contributed by atoms with Crippen molar-refractivity contribution in [1.29, 1.82) is 0 Å². The number of amides is 1. The molecule has 2 heterocycles. The molecule has 172 valence electrons. The van der Waals surface area contributed by atoms with Crippen LogP contribution < -0.4 is 5.32 Å². The molecule has 1 N–H and O–H groups in total. The van der Waals surface area contributed by atoms with Crippen LogP contribution in [-0.4, -0.2) is 41.9 Å². The van der Waals surface area contributed by atoms with Crippen molar-refractivity contribution in [1.82, 2.24) is 15.1 Å². The molecule has 0 aliphatic carbocycles. The molecule has 2 aliphatic heterocycles. The number of rotatable bonds is 7. The van der Waals surface area contributed by atoms with Crippen molar-refractivity contribution >= 4 is 29.1 Å². The number of likely N-dealkylation sites (tertiary alicyclic amines) is 2. The maximum Gasteiger partial charge on any atom is 0.224 e. The van der Waals surface area contributed by atoms with Gasteiger partial charge in [0, 0.05) is 41.8 Å². The Bertz CT molecular complexity index is 876. The second-order valence-corrected chi connectivity index (χ2v) is 9.96. The van der Waals surface area contributed by atoms with Gasteiger partial charge in [-0.05, 0) is 68.6 Å². The van der Waals surface area contributed by atoms with Gasteiger partial charge in [0.05, 0.1) is 5.92 Å². The third-order valence-corrected chi connectivity index (χ3v) is 7.37. The standard InChI is InChI=1S/C26H33Cl2N3O/c27-24-7-4-8-25(28)23(24)19-31-15-5-6-22(18-31)26(32)29-16-20-9-11-21(12-10-20)17-30-13-2-1-3-14-30/h4,7-12,22H,1-3,5-6,13-19H2,(H,29,32). The van der Waals surface area contributed by atoms with E-state index in [1.54, 1.807) is 0 Å². The zero-order chi connectivity index (χ0) is 22.3. The third-order valence-electron chi connectivity index (χ3n) is 6.66. The molecule has 4 rings (SSSR count). The largest absolute Gasteiger partial charge is 0.352 e. The Balaban J connectivity index is 1.25. The van der Waals surface area contributed by atoms with E-state index in [2.05, 4.69) is 39.4 Å². The van der Waals surface area contributed by atoms with Gasteiger partial charge in [-0.2, -0.15) is 0 Å². The maximum atomic E-state index is 12.8. The molecule has 1 unspecified atom stereocenters. The number of carbonyl (C=O) groups is 1. The lowest BCUT2D eigenvalue weighted by atomic mass is 9.96. The molecule has 32 heavy (non-hydrogen) atoms. The molecule has 0 saturated carbocycles. The lowest BCUT2D eigenvalue weighted by Gasteiger charge is -2.32. The highest BCUT2D eigenvalue weighted by atomic mass is 35.5. The van der Waals surface area contributed by atoms with Crippen LogP contribution in [0.2, 0.25) is 10.0 Å². The Labute approximate surface area is 201 Å². The predicted molar refractivity (Wildman–Crippen MR) is 132 cm³/mol. The van der Waals surface area contributed by atoms with Crippen molar-refractivity contribution in [2.24, 2.45) is 5.92 Å². The average molecular weight is 474 g/mol. The quantitative estimate of drug-likeness (QED) is 0.575. The molecule has 1 atom stereocenters. The van der Waals surface area contributed by atoms with Crippen molar-refractivity contribution in [2.75, 3.05) is 26.2 Å². The summed E-state index contributed by atoms with van der Waals surface area (Å²) in [6.45, 7) is 6.40. The molecule has 1 amide bonds. The van der Waals surface area contributed by atoms with E-state index in [0.717, 1.165) is 43.6 Å². The van der Waals surface area contributed by atoms with Gasteiger partial charge in [-0.1, -0.05) is 60.0 Å². The van der Waals surface area contributed by atoms with E-state index in [0.29, 0.717) is 23.1 Å². The molecule has 0 spiro atoms. The molecule has 0 radical (unpaired) electrons. The van der Waals surface area contributed by atoms with Gasteiger partial charge in [0.25, 0.3) is 0 Å². The number of halogens is 2. The van der Waals surface area contributed by atoms with Crippen LogP contribution in [0.5, 0.6) is 0 Å². The molecule has 2 fully saturated rings. The summed E-state index contributed by atoms with van der Waals surface area (Å²) in [5.41, 5.74) is 3.45. The Hall–Kier alpha value is -1.59. The zero-order valence-electron chi connectivity index (χ0n) is 18.7. The van der Waals surface area contributed by atoms with Crippen LogP contribution in [0.4, 0.5) is 0 Å². The molecule has 6 heteroatoms. The van der Waals surface area contributed by atoms with Crippen LogP contribution >= 0.6 is 23.2 Å². The van der Waals surface area contributed by atoms with Crippen LogP contribution in [0.1, 0.15) is 48.8 Å². The van der Waals surface area contributed by atoms with E-state index in [1.807, 2.05) is 18.2 Å². The summed E-state index contributed by atoms with van der Waals surface area (Å²) in [5, 5.41) is 4.52. The Morgan fingerprint density at radius 3 is 2.22 bits per heavy atom. The minimum Gasteiger partial charge on any atom is -0.352 e. The first-order chi connectivity index (χ1) is 15.6. The highest BCUT2D eigenvalue weighted by Crippen LogP contribution is 2.28. The SMILES string of the molecule is O=C(NCc1ccc(CN2CCCCC2)cc1)C1CCCN(Cc2c(Cl)cccc2Cl)C1. The van der Waals surface area contributed by atoms with Gasteiger partial charge in [-0.15, -0.1) is 0 Å². The normalized spacial score (nSPS) is 20.2. The maximum absolute atomic E-state index is 12.8. The van der Waals surface area contributed by atoms with Gasteiger partial charge < -0.3 is 5.32 Å². The molecular formula is C26H33Cl2N3O. The topological polar surface area (TPSA) is 35.6 Å². The van der Waals surface area contributed by atoms with E-state index < -0.39 is 0 Å². The molecule has 2 saturated heterocycles. The van der Waals surface area contributed by atoms with Gasteiger partial charge in [0.15, 0.2) is 0 Å². The fourth-order valence-electron chi connectivity index (χ4n) is 4.79. The minimum atomic E-state index is 0.00314. The molecule has 0 aromatic heterocycles. The van der Waals surface area contributed by atoms with Gasteiger partial charge in [0.2, 0.25) is 5.91 Å². The molecule has 2 aromatic rings. The Kier molecular flexibility index (Phi) is 8.48. The Morgan fingerprint density at radius 2 is 1.50 bits per heavy atom. The van der Waals surface area contributed by atoms with Gasteiger partial charge in [-0.3, -0.25) is 14.6 Å². The molecule has 2 aliphatic rings. The van der Waals surface area contributed by atoms with Crippen molar-refractivity contribution in [3.63, 3.8) is 0 Å². The summed E-state index contributed by atoms with van der Waals surface area (Å²) >= 11 is 12.7. The van der Waals surface area contributed by atoms with Crippen LogP contribution in [0.15, 0.2) is 42.5 Å². The summed E-state index contributed by atoms with van der Waals surface area (Å²) < 4.78 is 0. The summed E-state index contributed by atoms with van der Waals surface area (Å²) in [5.74, 6) is 0.140. The number of carbonyl (C=O) groups excluding carboxylic acids is 1.